The number of nitrogens with zero attached hydrogens (tertiary/aromatic N) is 4. The number of hydrogen-bond donors (Lipinski definition) is 0. The Morgan fingerprint density at radius 2 is 1.90 bits per heavy atom. The molecule has 0 N–H and O–H groups in total. The Bertz CT molecular complexity index is 1030. The highest BCUT2D eigenvalue weighted by Crippen LogP contribution is 2.44. The van der Waals surface area contributed by atoms with Crippen LogP contribution in [-0.2, 0) is 25.6 Å². The maximum absolute atomic E-state index is 6.37. The molecule has 0 saturated carbocycles. The summed E-state index contributed by atoms with van der Waals surface area (Å²) in [6.07, 6.45) is 4.08. The van der Waals surface area contributed by atoms with Crippen molar-refractivity contribution < 1.29 is 18.9 Å². The molecule has 0 radical (unpaired) electrons. The summed E-state index contributed by atoms with van der Waals surface area (Å²) in [4.78, 5) is 13.3. The van der Waals surface area contributed by atoms with Gasteiger partial charge in [-0.05, 0) is 25.7 Å². The highest BCUT2D eigenvalue weighted by Gasteiger charge is 2.56. The molecule has 4 atom stereocenters. The summed E-state index contributed by atoms with van der Waals surface area (Å²) >= 11 is 1.54. The smallest absolute Gasteiger partial charge is 0.166 e. The molecule has 158 valence electrons. The second kappa shape index (κ2) is 7.90. The number of ether oxygens (including phenoxy) is 4. The Labute approximate surface area is 178 Å². The van der Waals surface area contributed by atoms with Crippen LogP contribution >= 0.6 is 11.8 Å². The molecule has 3 aromatic rings. The SMILES string of the molecule is CSc1ncnc2c1ncn2C1OC(COCc2ccccc2)C2OC(C)(C)OC21. The summed E-state index contributed by atoms with van der Waals surface area (Å²) in [6, 6.07) is 10.1. The van der Waals surface area contributed by atoms with Gasteiger partial charge in [-0.2, -0.15) is 0 Å². The highest BCUT2D eigenvalue weighted by atomic mass is 32.2. The Balaban J connectivity index is 1.38. The largest absolute Gasteiger partial charge is 0.374 e. The van der Waals surface area contributed by atoms with Crippen LogP contribution in [0, 0.1) is 0 Å². The predicted molar refractivity (Wildman–Crippen MR) is 111 cm³/mol. The molecule has 30 heavy (non-hydrogen) atoms. The molecule has 0 aliphatic carbocycles. The van der Waals surface area contributed by atoms with Crippen molar-refractivity contribution in [3.8, 4) is 0 Å². The van der Waals surface area contributed by atoms with E-state index in [1.807, 2.05) is 55.0 Å². The Hall–Kier alpha value is -2.04. The zero-order chi connectivity index (χ0) is 20.7. The molecule has 2 fully saturated rings. The van der Waals surface area contributed by atoms with Crippen molar-refractivity contribution in [3.63, 3.8) is 0 Å². The Morgan fingerprint density at radius 1 is 1.10 bits per heavy atom. The molecule has 4 heterocycles. The lowest BCUT2D eigenvalue weighted by Crippen LogP contribution is -2.32. The van der Waals surface area contributed by atoms with Gasteiger partial charge in [0.15, 0.2) is 17.7 Å². The van der Waals surface area contributed by atoms with Gasteiger partial charge in [0, 0.05) is 0 Å². The Kier molecular flexibility index (Phi) is 5.24. The summed E-state index contributed by atoms with van der Waals surface area (Å²) in [6.45, 7) is 4.77. The highest BCUT2D eigenvalue weighted by molar-refractivity contribution is 7.98. The summed E-state index contributed by atoms with van der Waals surface area (Å²) in [5.41, 5.74) is 2.60. The number of benzene rings is 1. The zero-order valence-corrected chi connectivity index (χ0v) is 17.9. The lowest BCUT2D eigenvalue weighted by atomic mass is 10.1. The van der Waals surface area contributed by atoms with Gasteiger partial charge in [0.05, 0.1) is 19.5 Å². The number of hydrogen-bond acceptors (Lipinski definition) is 8. The van der Waals surface area contributed by atoms with Gasteiger partial charge >= 0.3 is 0 Å². The molecule has 2 aliphatic rings. The van der Waals surface area contributed by atoms with E-state index >= 15 is 0 Å². The lowest BCUT2D eigenvalue weighted by Gasteiger charge is -2.24. The summed E-state index contributed by atoms with van der Waals surface area (Å²) < 4.78 is 26.6. The van der Waals surface area contributed by atoms with Gasteiger partial charge in [0.1, 0.15) is 35.2 Å². The van der Waals surface area contributed by atoms with E-state index in [9.17, 15) is 0 Å². The van der Waals surface area contributed by atoms with Crippen LogP contribution in [0.15, 0.2) is 48.0 Å². The molecule has 1 aromatic carbocycles. The fraction of sp³-hybridized carbons (Fsp3) is 0.476. The van der Waals surface area contributed by atoms with E-state index in [2.05, 4.69) is 15.0 Å². The van der Waals surface area contributed by atoms with Crippen molar-refractivity contribution >= 4 is 22.9 Å². The lowest BCUT2D eigenvalue weighted by molar-refractivity contribution is -0.202. The van der Waals surface area contributed by atoms with E-state index < -0.39 is 12.0 Å². The summed E-state index contributed by atoms with van der Waals surface area (Å²) in [5, 5.41) is 0.833. The van der Waals surface area contributed by atoms with Crippen LogP contribution in [-0.4, -0.2) is 56.5 Å². The molecule has 5 rings (SSSR count). The molecule has 9 heteroatoms. The van der Waals surface area contributed by atoms with Crippen molar-refractivity contribution in [1.82, 2.24) is 19.5 Å². The molecule has 2 aromatic heterocycles. The van der Waals surface area contributed by atoms with Gasteiger partial charge in [0.25, 0.3) is 0 Å². The predicted octanol–water partition coefficient (Wildman–Crippen LogP) is 3.18. The first-order valence-corrected chi connectivity index (χ1v) is 11.1. The summed E-state index contributed by atoms with van der Waals surface area (Å²) in [7, 11) is 0. The number of aromatic nitrogens is 4. The maximum atomic E-state index is 6.37. The van der Waals surface area contributed by atoms with Crippen molar-refractivity contribution in [2.45, 2.75) is 55.8 Å². The second-order valence-electron chi connectivity index (χ2n) is 7.84. The van der Waals surface area contributed by atoms with Crippen LogP contribution in [0.4, 0.5) is 0 Å². The molecular weight excluding hydrogens is 404 g/mol. The van der Waals surface area contributed by atoms with Crippen molar-refractivity contribution in [3.05, 3.63) is 48.5 Å². The van der Waals surface area contributed by atoms with E-state index in [4.69, 9.17) is 18.9 Å². The molecule has 8 nitrogen and oxygen atoms in total. The fourth-order valence-electron chi connectivity index (χ4n) is 4.05. The van der Waals surface area contributed by atoms with Gasteiger partial charge in [-0.1, -0.05) is 30.3 Å². The first-order chi connectivity index (χ1) is 14.6. The zero-order valence-electron chi connectivity index (χ0n) is 17.1. The standard InChI is InChI=1S/C21H24N4O4S/c1-21(2)28-16-14(10-26-9-13-7-5-4-6-8-13)27-20(17(16)29-21)25-12-24-15-18(25)22-11-23-19(15)30-3/h4-8,11-12,14,16-17,20H,9-10H2,1-3H3. The minimum atomic E-state index is -0.690. The van der Waals surface area contributed by atoms with Crippen molar-refractivity contribution in [2.24, 2.45) is 0 Å². The van der Waals surface area contributed by atoms with E-state index in [-0.39, 0.29) is 18.3 Å². The van der Waals surface area contributed by atoms with Crippen LogP contribution in [0.5, 0.6) is 0 Å². The molecule has 2 saturated heterocycles. The second-order valence-corrected chi connectivity index (χ2v) is 8.63. The fourth-order valence-corrected chi connectivity index (χ4v) is 4.54. The Morgan fingerprint density at radius 3 is 2.70 bits per heavy atom. The van der Waals surface area contributed by atoms with Crippen molar-refractivity contribution in [2.75, 3.05) is 12.9 Å². The van der Waals surface area contributed by atoms with E-state index in [0.717, 1.165) is 21.8 Å². The average Bonchev–Trinajstić information content (AvgIpc) is 3.40. The van der Waals surface area contributed by atoms with Crippen LogP contribution in [0.1, 0.15) is 25.6 Å². The number of thioether (sulfide) groups is 1. The maximum Gasteiger partial charge on any atom is 0.166 e. The van der Waals surface area contributed by atoms with E-state index in [1.165, 1.54) is 11.8 Å². The molecule has 4 unspecified atom stereocenters. The number of imidazole rings is 1. The molecule has 2 aliphatic heterocycles. The van der Waals surface area contributed by atoms with E-state index in [1.54, 1.807) is 12.7 Å². The monoisotopic (exact) mass is 428 g/mol. The average molecular weight is 429 g/mol. The third kappa shape index (κ3) is 3.61. The normalized spacial score (nSPS) is 27.6. The van der Waals surface area contributed by atoms with Gasteiger partial charge < -0.3 is 18.9 Å². The minimum absolute atomic E-state index is 0.236. The quantitative estimate of drug-likeness (QED) is 0.437. The van der Waals surface area contributed by atoms with Crippen molar-refractivity contribution in [1.29, 1.82) is 0 Å². The van der Waals surface area contributed by atoms with Crippen LogP contribution in [0.25, 0.3) is 11.2 Å². The minimum Gasteiger partial charge on any atom is -0.374 e. The topological polar surface area (TPSA) is 80.5 Å². The third-order valence-electron chi connectivity index (χ3n) is 5.31. The molecule has 0 amide bonds. The van der Waals surface area contributed by atoms with Crippen LogP contribution in [0.2, 0.25) is 0 Å². The molecule has 0 spiro atoms. The van der Waals surface area contributed by atoms with Crippen LogP contribution < -0.4 is 0 Å². The summed E-state index contributed by atoms with van der Waals surface area (Å²) in [5.74, 6) is -0.690. The van der Waals surface area contributed by atoms with Gasteiger partial charge in [-0.3, -0.25) is 4.57 Å². The molecule has 0 bridgehead atoms. The third-order valence-corrected chi connectivity index (χ3v) is 6.00. The first-order valence-electron chi connectivity index (χ1n) is 9.90. The van der Waals surface area contributed by atoms with Crippen LogP contribution in [0.3, 0.4) is 0 Å². The number of rotatable bonds is 6. The first kappa shape index (κ1) is 19.9. The molecular formula is C21H24N4O4S. The van der Waals surface area contributed by atoms with Gasteiger partial charge in [0.2, 0.25) is 0 Å². The van der Waals surface area contributed by atoms with Gasteiger partial charge in [-0.25, -0.2) is 15.0 Å². The van der Waals surface area contributed by atoms with E-state index in [0.29, 0.717) is 13.2 Å². The van der Waals surface area contributed by atoms with Gasteiger partial charge in [-0.15, -0.1) is 11.8 Å². The number of fused-ring (bicyclic) bond motifs is 2.